The highest BCUT2D eigenvalue weighted by Crippen LogP contribution is 2.44. The summed E-state index contributed by atoms with van der Waals surface area (Å²) in [5.74, 6) is -0.0218. The molecule has 0 unspecified atom stereocenters. The first-order chi connectivity index (χ1) is 25.0. The lowest BCUT2D eigenvalue weighted by Gasteiger charge is -2.32. The molecule has 0 aliphatic heterocycles. The molecule has 0 atom stereocenters. The van der Waals surface area contributed by atoms with Crippen LogP contribution in [0.25, 0.3) is 44.8 Å². The zero-order valence-corrected chi connectivity index (χ0v) is 27.8. The molecule has 6 aromatic rings. The summed E-state index contributed by atoms with van der Waals surface area (Å²) in [6.45, 7) is 6.93. The number of esters is 2. The van der Waals surface area contributed by atoms with Gasteiger partial charge in [0.2, 0.25) is 0 Å². The maximum absolute atomic E-state index is 11.6. The van der Waals surface area contributed by atoms with E-state index in [-0.39, 0.29) is 0 Å². The van der Waals surface area contributed by atoms with Crippen molar-refractivity contribution in [3.05, 3.63) is 181 Å². The van der Waals surface area contributed by atoms with Crippen molar-refractivity contribution in [3.63, 3.8) is 0 Å². The number of allylic oxidation sites excluding steroid dienone is 2. The number of benzene rings is 6. The number of carbonyl (C=O) groups is 2. The Morgan fingerprint density at radius 3 is 1.51 bits per heavy atom. The molecule has 2 aliphatic rings. The minimum absolute atomic E-state index is 0.474. The number of hydrogen-bond donors (Lipinski definition) is 0. The number of anilines is 2. The van der Waals surface area contributed by atoms with Crippen LogP contribution in [0.4, 0.5) is 11.4 Å². The molecule has 246 valence electrons. The van der Waals surface area contributed by atoms with Gasteiger partial charge in [-0.15, -0.1) is 0 Å². The molecule has 0 fully saturated rings. The van der Waals surface area contributed by atoms with E-state index in [9.17, 15) is 9.59 Å². The number of hydrogen-bond acceptors (Lipinski definition) is 5. The molecule has 8 rings (SSSR count). The van der Waals surface area contributed by atoms with E-state index >= 15 is 0 Å². The summed E-state index contributed by atoms with van der Waals surface area (Å²) in [5.41, 5.74) is 12.5. The average molecular weight is 664 g/mol. The molecule has 0 aromatic heterocycles. The fourth-order valence-corrected chi connectivity index (χ4v) is 6.98. The first-order valence-corrected chi connectivity index (χ1v) is 16.8. The lowest BCUT2D eigenvalue weighted by Crippen LogP contribution is -2.18. The van der Waals surface area contributed by atoms with E-state index in [4.69, 9.17) is 9.47 Å². The Balaban J connectivity index is 1.17. The fourth-order valence-electron chi connectivity index (χ4n) is 6.98. The maximum Gasteiger partial charge on any atom is 0.335 e. The van der Waals surface area contributed by atoms with Crippen LogP contribution in [0.2, 0.25) is 0 Å². The van der Waals surface area contributed by atoms with Crippen LogP contribution in [0.3, 0.4) is 0 Å². The van der Waals surface area contributed by atoms with Crippen LogP contribution >= 0.6 is 0 Å². The van der Waals surface area contributed by atoms with Crippen molar-refractivity contribution in [2.75, 3.05) is 4.90 Å². The van der Waals surface area contributed by atoms with Crippen LogP contribution in [0, 0.1) is 0 Å². The van der Waals surface area contributed by atoms with Gasteiger partial charge in [-0.25, -0.2) is 9.59 Å². The lowest BCUT2D eigenvalue weighted by molar-refractivity contribution is -0.129. The van der Waals surface area contributed by atoms with Gasteiger partial charge in [-0.3, -0.25) is 0 Å². The Bertz CT molecular complexity index is 2290. The molecule has 2 aliphatic carbocycles. The Kier molecular flexibility index (Phi) is 8.22. The van der Waals surface area contributed by atoms with Gasteiger partial charge in [0.15, 0.2) is 0 Å². The van der Waals surface area contributed by atoms with E-state index in [1.165, 1.54) is 33.0 Å². The fraction of sp³-hybridized carbons (Fsp3) is 0.0435. The van der Waals surface area contributed by atoms with Crippen molar-refractivity contribution in [2.24, 2.45) is 0 Å². The van der Waals surface area contributed by atoms with Crippen molar-refractivity contribution in [3.8, 4) is 33.8 Å². The van der Waals surface area contributed by atoms with Crippen LogP contribution in [0.15, 0.2) is 159 Å². The van der Waals surface area contributed by atoms with Gasteiger partial charge in [-0.05, 0) is 111 Å². The molecular weight excluding hydrogens is 631 g/mol. The SMILES string of the molecule is C=CC(=O)Oc1ccc(-c2ccc(N(C3=CCc4ccc5c6c(ccc3c46)C=CC5)c3ccc(-c4ccc(OC(=O)C=C)cc4)cc3)cc2)cc1. The van der Waals surface area contributed by atoms with Crippen LogP contribution in [0.5, 0.6) is 11.5 Å². The summed E-state index contributed by atoms with van der Waals surface area (Å²) in [4.78, 5) is 25.6. The van der Waals surface area contributed by atoms with Gasteiger partial charge < -0.3 is 14.4 Å². The van der Waals surface area contributed by atoms with Gasteiger partial charge in [0, 0.05) is 29.1 Å². The largest absolute Gasteiger partial charge is 0.423 e. The zero-order chi connectivity index (χ0) is 34.9. The number of ether oxygens (including phenoxy) is 2. The predicted molar refractivity (Wildman–Crippen MR) is 206 cm³/mol. The molecule has 0 heterocycles. The Morgan fingerprint density at radius 1 is 0.549 bits per heavy atom. The van der Waals surface area contributed by atoms with Crippen LogP contribution in [0.1, 0.15) is 22.3 Å². The van der Waals surface area contributed by atoms with E-state index in [0.717, 1.165) is 64.3 Å². The average Bonchev–Trinajstić information content (AvgIpc) is 3.18. The predicted octanol–water partition coefficient (Wildman–Crippen LogP) is 10.7. The van der Waals surface area contributed by atoms with Gasteiger partial charge in [0.05, 0.1) is 5.70 Å². The summed E-state index contributed by atoms with van der Waals surface area (Å²) in [6.07, 6.45) is 10.9. The first kappa shape index (κ1) is 31.5. The van der Waals surface area contributed by atoms with Crippen molar-refractivity contribution < 1.29 is 19.1 Å². The summed E-state index contributed by atoms with van der Waals surface area (Å²) in [6, 6.07) is 41.1. The summed E-state index contributed by atoms with van der Waals surface area (Å²) in [7, 11) is 0. The molecule has 5 nitrogen and oxygen atoms in total. The number of nitrogens with zero attached hydrogens (tertiary/aromatic N) is 1. The second-order valence-electron chi connectivity index (χ2n) is 12.5. The summed E-state index contributed by atoms with van der Waals surface area (Å²) in [5, 5.41) is 2.69. The molecule has 0 amide bonds. The molecule has 51 heavy (non-hydrogen) atoms. The van der Waals surface area contributed by atoms with Gasteiger partial charge in [-0.1, -0.05) is 104 Å². The maximum atomic E-state index is 11.6. The third-order valence-electron chi connectivity index (χ3n) is 9.43. The van der Waals surface area contributed by atoms with Crippen LogP contribution < -0.4 is 14.4 Å². The molecule has 0 radical (unpaired) electrons. The quantitative estimate of drug-likeness (QED) is 0.0875. The molecule has 5 heteroatoms. The monoisotopic (exact) mass is 663 g/mol. The van der Waals surface area contributed by atoms with Crippen molar-refractivity contribution in [1.82, 2.24) is 0 Å². The van der Waals surface area contributed by atoms with E-state index in [0.29, 0.717) is 11.5 Å². The third kappa shape index (κ3) is 6.06. The Labute approximate surface area is 296 Å². The minimum atomic E-state index is -0.485. The van der Waals surface area contributed by atoms with E-state index in [2.05, 4.69) is 109 Å². The van der Waals surface area contributed by atoms with Crippen molar-refractivity contribution in [1.29, 1.82) is 0 Å². The standard InChI is InChI=1S/C46H33NO4/c1-3-43(48)50-39-24-14-32(15-25-39)30-10-20-37(21-11-30)47(38-22-12-31(13-23-38)33-16-26-40(27-17-33)51-44(49)4-2)42-29-19-36-9-8-34-6-5-7-35-18-28-41(42)46(36)45(34)35/h3-5,7-18,20-29H,1-2,6,19H2. The van der Waals surface area contributed by atoms with E-state index in [1.54, 1.807) is 24.3 Å². The number of carbonyl (C=O) groups excluding carboxylic acids is 2. The van der Waals surface area contributed by atoms with Crippen molar-refractivity contribution >= 4 is 45.9 Å². The minimum Gasteiger partial charge on any atom is -0.423 e. The summed E-state index contributed by atoms with van der Waals surface area (Å²) < 4.78 is 10.5. The highest BCUT2D eigenvalue weighted by molar-refractivity contribution is 6.07. The first-order valence-electron chi connectivity index (χ1n) is 16.8. The molecule has 0 N–H and O–H groups in total. The van der Waals surface area contributed by atoms with Gasteiger partial charge in [0.25, 0.3) is 0 Å². The number of rotatable bonds is 9. The van der Waals surface area contributed by atoms with Crippen molar-refractivity contribution in [2.45, 2.75) is 12.8 Å². The highest BCUT2D eigenvalue weighted by Gasteiger charge is 2.25. The Morgan fingerprint density at radius 2 is 1.02 bits per heavy atom. The van der Waals surface area contributed by atoms with Crippen LogP contribution in [-0.4, -0.2) is 11.9 Å². The molecule has 0 saturated carbocycles. The van der Waals surface area contributed by atoms with Crippen LogP contribution in [-0.2, 0) is 22.4 Å². The van der Waals surface area contributed by atoms with Gasteiger partial charge in [0.1, 0.15) is 11.5 Å². The molecular formula is C46H33NO4. The third-order valence-corrected chi connectivity index (χ3v) is 9.43. The van der Waals surface area contributed by atoms with E-state index < -0.39 is 11.9 Å². The Hall–Kier alpha value is -6.72. The normalized spacial score (nSPS) is 12.5. The zero-order valence-electron chi connectivity index (χ0n) is 27.8. The molecule has 0 spiro atoms. The highest BCUT2D eigenvalue weighted by atomic mass is 16.5. The molecule has 0 bridgehead atoms. The smallest absolute Gasteiger partial charge is 0.335 e. The summed E-state index contributed by atoms with van der Waals surface area (Å²) >= 11 is 0. The van der Waals surface area contributed by atoms with Gasteiger partial charge >= 0.3 is 11.9 Å². The molecule has 0 saturated heterocycles. The topological polar surface area (TPSA) is 55.8 Å². The second-order valence-corrected chi connectivity index (χ2v) is 12.5. The second kappa shape index (κ2) is 13.3. The van der Waals surface area contributed by atoms with E-state index in [1.807, 2.05) is 24.3 Å². The van der Waals surface area contributed by atoms with Gasteiger partial charge in [-0.2, -0.15) is 0 Å². The molecule has 6 aromatic carbocycles. The lowest BCUT2D eigenvalue weighted by atomic mass is 9.83.